The molecule has 4 nitrogen and oxygen atoms in total. The highest BCUT2D eigenvalue weighted by atomic mass is 16.5. The van der Waals surface area contributed by atoms with Gasteiger partial charge in [0.2, 0.25) is 0 Å². The summed E-state index contributed by atoms with van der Waals surface area (Å²) in [5.41, 5.74) is -0.717. The minimum absolute atomic E-state index is 0.176. The van der Waals surface area contributed by atoms with Crippen LogP contribution in [0.15, 0.2) is 0 Å². The number of rotatable bonds is 3. The molecule has 2 rings (SSSR count). The van der Waals surface area contributed by atoms with Crippen molar-refractivity contribution in [1.82, 2.24) is 4.90 Å². The molecule has 0 aromatic rings. The van der Waals surface area contributed by atoms with E-state index < -0.39 is 11.4 Å². The predicted molar refractivity (Wildman–Crippen MR) is 78.8 cm³/mol. The second-order valence-electron chi connectivity index (χ2n) is 7.36. The SMILES string of the molecule is CC1CN(CC2(C(=O)O)CCCCCC2)CC(C)(C)O1. The highest BCUT2D eigenvalue weighted by Crippen LogP contribution is 2.37. The molecular formula is C16H29NO3. The largest absolute Gasteiger partial charge is 0.481 e. The van der Waals surface area contributed by atoms with Gasteiger partial charge in [0.25, 0.3) is 0 Å². The first-order chi connectivity index (χ1) is 9.33. The van der Waals surface area contributed by atoms with Gasteiger partial charge in [-0.25, -0.2) is 0 Å². The Morgan fingerprint density at radius 1 is 1.25 bits per heavy atom. The van der Waals surface area contributed by atoms with Gasteiger partial charge in [-0.05, 0) is 33.6 Å². The maximum absolute atomic E-state index is 11.9. The minimum Gasteiger partial charge on any atom is -0.481 e. The molecule has 0 aromatic carbocycles. The third-order valence-corrected chi connectivity index (χ3v) is 4.68. The van der Waals surface area contributed by atoms with Gasteiger partial charge in [-0.15, -0.1) is 0 Å². The molecule has 1 aliphatic heterocycles. The Kier molecular flexibility index (Phi) is 4.75. The topological polar surface area (TPSA) is 49.8 Å². The van der Waals surface area contributed by atoms with Crippen LogP contribution in [-0.2, 0) is 9.53 Å². The summed E-state index contributed by atoms with van der Waals surface area (Å²) in [6.07, 6.45) is 6.30. The molecule has 1 saturated heterocycles. The fourth-order valence-electron chi connectivity index (χ4n) is 3.98. The van der Waals surface area contributed by atoms with Gasteiger partial charge in [0, 0.05) is 19.6 Å². The summed E-state index contributed by atoms with van der Waals surface area (Å²) in [4.78, 5) is 14.2. The first-order valence-corrected chi connectivity index (χ1v) is 7.97. The number of carboxylic acid groups (broad SMARTS) is 1. The van der Waals surface area contributed by atoms with E-state index in [0.29, 0.717) is 6.54 Å². The van der Waals surface area contributed by atoms with Crippen LogP contribution in [0.1, 0.15) is 59.3 Å². The first-order valence-electron chi connectivity index (χ1n) is 7.97. The van der Waals surface area contributed by atoms with Crippen LogP contribution in [0.25, 0.3) is 0 Å². The van der Waals surface area contributed by atoms with E-state index in [9.17, 15) is 9.90 Å². The van der Waals surface area contributed by atoms with E-state index in [4.69, 9.17) is 4.74 Å². The zero-order chi connectivity index (χ0) is 14.8. The molecule has 0 amide bonds. The van der Waals surface area contributed by atoms with Gasteiger partial charge < -0.3 is 9.84 Å². The van der Waals surface area contributed by atoms with Crippen LogP contribution in [0.3, 0.4) is 0 Å². The average molecular weight is 283 g/mol. The Hall–Kier alpha value is -0.610. The van der Waals surface area contributed by atoms with Gasteiger partial charge in [0.1, 0.15) is 0 Å². The molecule has 1 N–H and O–H groups in total. The number of hydrogen-bond acceptors (Lipinski definition) is 3. The van der Waals surface area contributed by atoms with Crippen molar-refractivity contribution in [3.63, 3.8) is 0 Å². The number of morpholine rings is 1. The van der Waals surface area contributed by atoms with Gasteiger partial charge in [-0.2, -0.15) is 0 Å². The van der Waals surface area contributed by atoms with Crippen molar-refractivity contribution in [3.05, 3.63) is 0 Å². The van der Waals surface area contributed by atoms with Crippen LogP contribution in [0.5, 0.6) is 0 Å². The van der Waals surface area contributed by atoms with E-state index in [1.165, 1.54) is 12.8 Å². The minimum atomic E-state index is -0.601. The summed E-state index contributed by atoms with van der Waals surface area (Å²) < 4.78 is 5.92. The molecule has 1 heterocycles. The summed E-state index contributed by atoms with van der Waals surface area (Å²) in [5, 5.41) is 9.78. The van der Waals surface area contributed by atoms with Crippen LogP contribution in [0.4, 0.5) is 0 Å². The van der Waals surface area contributed by atoms with Gasteiger partial charge in [-0.1, -0.05) is 25.7 Å². The van der Waals surface area contributed by atoms with Gasteiger partial charge in [-0.3, -0.25) is 9.69 Å². The highest BCUT2D eigenvalue weighted by molar-refractivity contribution is 5.75. The fraction of sp³-hybridized carbons (Fsp3) is 0.938. The Balaban J connectivity index is 2.09. The molecule has 2 aliphatic rings. The van der Waals surface area contributed by atoms with Crippen molar-refractivity contribution in [2.45, 2.75) is 71.0 Å². The molecule has 2 fully saturated rings. The zero-order valence-corrected chi connectivity index (χ0v) is 13.2. The molecule has 0 radical (unpaired) electrons. The Morgan fingerprint density at radius 2 is 1.85 bits per heavy atom. The van der Waals surface area contributed by atoms with E-state index in [0.717, 1.165) is 38.8 Å². The van der Waals surface area contributed by atoms with Crippen molar-refractivity contribution >= 4 is 5.97 Å². The molecule has 0 aromatic heterocycles. The molecule has 1 aliphatic carbocycles. The summed E-state index contributed by atoms with van der Waals surface area (Å²) >= 11 is 0. The maximum Gasteiger partial charge on any atom is 0.310 e. The average Bonchev–Trinajstić information content (AvgIpc) is 2.52. The lowest BCUT2D eigenvalue weighted by atomic mass is 9.79. The van der Waals surface area contributed by atoms with E-state index in [-0.39, 0.29) is 11.7 Å². The normalized spacial score (nSPS) is 30.6. The summed E-state index contributed by atoms with van der Waals surface area (Å²) in [7, 11) is 0. The fourth-order valence-corrected chi connectivity index (χ4v) is 3.98. The summed E-state index contributed by atoms with van der Waals surface area (Å²) in [6.45, 7) is 8.62. The highest BCUT2D eigenvalue weighted by Gasteiger charge is 2.42. The van der Waals surface area contributed by atoms with Crippen molar-refractivity contribution in [2.75, 3.05) is 19.6 Å². The number of nitrogens with zero attached hydrogens (tertiary/aromatic N) is 1. The Labute approximate surface area is 122 Å². The van der Waals surface area contributed by atoms with Crippen molar-refractivity contribution in [3.8, 4) is 0 Å². The predicted octanol–water partition coefficient (Wildman–Crippen LogP) is 2.91. The lowest BCUT2D eigenvalue weighted by molar-refractivity contribution is -0.159. The third-order valence-electron chi connectivity index (χ3n) is 4.68. The molecule has 1 atom stereocenters. The second-order valence-corrected chi connectivity index (χ2v) is 7.36. The standard InChI is InChI=1S/C16H29NO3/c1-13-10-17(11-15(2,3)20-13)12-16(14(18)19)8-6-4-5-7-9-16/h13H,4-12H2,1-3H3,(H,18,19). The van der Waals surface area contributed by atoms with E-state index >= 15 is 0 Å². The summed E-state index contributed by atoms with van der Waals surface area (Å²) in [5.74, 6) is -0.601. The molecule has 1 saturated carbocycles. The number of carbonyl (C=O) groups is 1. The quantitative estimate of drug-likeness (QED) is 0.809. The van der Waals surface area contributed by atoms with Gasteiger partial charge in [0.05, 0.1) is 17.1 Å². The molecule has 20 heavy (non-hydrogen) atoms. The maximum atomic E-state index is 11.9. The summed E-state index contributed by atoms with van der Waals surface area (Å²) in [6, 6.07) is 0. The zero-order valence-electron chi connectivity index (χ0n) is 13.2. The smallest absolute Gasteiger partial charge is 0.310 e. The van der Waals surface area contributed by atoms with Crippen LogP contribution >= 0.6 is 0 Å². The second kappa shape index (κ2) is 6.02. The molecule has 1 unspecified atom stereocenters. The van der Waals surface area contributed by atoms with Crippen LogP contribution in [0, 0.1) is 5.41 Å². The molecule has 0 spiro atoms. The van der Waals surface area contributed by atoms with Gasteiger partial charge >= 0.3 is 5.97 Å². The number of aliphatic carboxylic acids is 1. The van der Waals surface area contributed by atoms with Crippen LogP contribution in [0.2, 0.25) is 0 Å². The number of ether oxygens (including phenoxy) is 1. The van der Waals surface area contributed by atoms with Gasteiger partial charge in [0.15, 0.2) is 0 Å². The first kappa shape index (κ1) is 15.8. The van der Waals surface area contributed by atoms with Crippen LogP contribution in [-0.4, -0.2) is 47.3 Å². The van der Waals surface area contributed by atoms with Crippen molar-refractivity contribution in [2.24, 2.45) is 5.41 Å². The Bertz CT molecular complexity index is 346. The number of hydrogen-bond donors (Lipinski definition) is 1. The number of carboxylic acids is 1. The molecule has 0 bridgehead atoms. The lowest BCUT2D eigenvalue weighted by Gasteiger charge is -2.44. The molecular weight excluding hydrogens is 254 g/mol. The van der Waals surface area contributed by atoms with E-state index in [2.05, 4.69) is 25.7 Å². The van der Waals surface area contributed by atoms with E-state index in [1.807, 2.05) is 0 Å². The molecule has 116 valence electrons. The van der Waals surface area contributed by atoms with Crippen LogP contribution < -0.4 is 0 Å². The Morgan fingerprint density at radius 3 is 2.35 bits per heavy atom. The molecule has 4 heteroatoms. The third kappa shape index (κ3) is 3.73. The van der Waals surface area contributed by atoms with E-state index in [1.54, 1.807) is 0 Å². The lowest BCUT2D eigenvalue weighted by Crippen LogP contribution is -2.55. The monoisotopic (exact) mass is 283 g/mol. The van der Waals surface area contributed by atoms with Crippen molar-refractivity contribution < 1.29 is 14.6 Å². The van der Waals surface area contributed by atoms with Crippen molar-refractivity contribution in [1.29, 1.82) is 0 Å².